The maximum absolute atomic E-state index is 12.5. The number of benzene rings is 2. The Morgan fingerprint density at radius 3 is 2.59 bits per heavy atom. The van der Waals surface area contributed by atoms with E-state index < -0.39 is 10.0 Å². The predicted molar refractivity (Wildman–Crippen MR) is 109 cm³/mol. The van der Waals surface area contributed by atoms with E-state index in [0.29, 0.717) is 30.8 Å². The molecule has 1 unspecified atom stereocenters. The van der Waals surface area contributed by atoms with Gasteiger partial charge in [-0.1, -0.05) is 24.3 Å². The molecule has 1 saturated heterocycles. The van der Waals surface area contributed by atoms with Crippen LogP contribution in [0, 0.1) is 0 Å². The van der Waals surface area contributed by atoms with E-state index in [1.165, 1.54) is 4.31 Å². The second kappa shape index (κ2) is 8.00. The SMILES string of the molecule is CC(CNC(=O)c1cccc(N2CCCS2(=O)=O)c1)N(C)c1ccccc1. The van der Waals surface area contributed by atoms with Gasteiger partial charge in [-0.05, 0) is 43.7 Å². The van der Waals surface area contributed by atoms with Crippen LogP contribution in [0.2, 0.25) is 0 Å². The highest BCUT2D eigenvalue weighted by molar-refractivity contribution is 7.93. The number of amides is 1. The summed E-state index contributed by atoms with van der Waals surface area (Å²) in [5, 5.41) is 2.94. The zero-order chi connectivity index (χ0) is 19.4. The standard InChI is InChI=1S/C20H25N3O3S/c1-16(22(2)18-9-4-3-5-10-18)15-21-20(24)17-8-6-11-19(14-17)23-12-7-13-27(23,25)26/h3-6,8-11,14,16H,7,12-13,15H2,1-2H3,(H,21,24). The van der Waals surface area contributed by atoms with E-state index >= 15 is 0 Å². The van der Waals surface area contributed by atoms with Gasteiger partial charge in [0.15, 0.2) is 0 Å². The van der Waals surface area contributed by atoms with Crippen LogP contribution in [-0.4, -0.2) is 46.3 Å². The molecule has 1 fully saturated rings. The number of carbonyl (C=O) groups is 1. The van der Waals surface area contributed by atoms with Gasteiger partial charge in [0, 0.05) is 37.4 Å². The molecular weight excluding hydrogens is 362 g/mol. The molecule has 1 aliphatic heterocycles. The summed E-state index contributed by atoms with van der Waals surface area (Å²) in [5.74, 6) is -0.0472. The minimum atomic E-state index is -3.26. The van der Waals surface area contributed by atoms with Crippen LogP contribution in [0.4, 0.5) is 11.4 Å². The molecule has 27 heavy (non-hydrogen) atoms. The lowest BCUT2D eigenvalue weighted by Gasteiger charge is -2.27. The van der Waals surface area contributed by atoms with Crippen molar-refractivity contribution in [1.29, 1.82) is 0 Å². The molecule has 2 aromatic rings. The molecule has 1 atom stereocenters. The van der Waals surface area contributed by atoms with Crippen molar-refractivity contribution < 1.29 is 13.2 Å². The Kier molecular flexibility index (Phi) is 5.70. The summed E-state index contributed by atoms with van der Waals surface area (Å²) in [6.45, 7) is 2.99. The molecule has 6 nitrogen and oxygen atoms in total. The highest BCUT2D eigenvalue weighted by atomic mass is 32.2. The fourth-order valence-corrected chi connectivity index (χ4v) is 4.69. The van der Waals surface area contributed by atoms with Crippen LogP contribution in [0.15, 0.2) is 54.6 Å². The van der Waals surface area contributed by atoms with Gasteiger partial charge in [-0.3, -0.25) is 9.10 Å². The normalized spacial score (nSPS) is 16.7. The predicted octanol–water partition coefficient (Wildman–Crippen LogP) is 2.48. The van der Waals surface area contributed by atoms with Crippen LogP contribution >= 0.6 is 0 Å². The van der Waals surface area contributed by atoms with Crippen LogP contribution in [0.1, 0.15) is 23.7 Å². The van der Waals surface area contributed by atoms with Gasteiger partial charge in [0.2, 0.25) is 10.0 Å². The molecule has 0 bridgehead atoms. The molecule has 144 valence electrons. The van der Waals surface area contributed by atoms with E-state index in [4.69, 9.17) is 0 Å². The van der Waals surface area contributed by atoms with Crippen LogP contribution in [0.25, 0.3) is 0 Å². The Morgan fingerprint density at radius 2 is 1.93 bits per heavy atom. The largest absolute Gasteiger partial charge is 0.370 e. The molecule has 0 radical (unpaired) electrons. The first-order chi connectivity index (χ1) is 12.9. The maximum Gasteiger partial charge on any atom is 0.251 e. The number of carbonyl (C=O) groups excluding carboxylic acids is 1. The van der Waals surface area contributed by atoms with Gasteiger partial charge in [0.1, 0.15) is 0 Å². The smallest absolute Gasteiger partial charge is 0.251 e. The highest BCUT2D eigenvalue weighted by Gasteiger charge is 2.28. The van der Waals surface area contributed by atoms with Gasteiger partial charge < -0.3 is 10.2 Å². The molecule has 1 aliphatic rings. The van der Waals surface area contributed by atoms with Crippen molar-refractivity contribution in [1.82, 2.24) is 5.32 Å². The average Bonchev–Trinajstić information content (AvgIpc) is 3.05. The van der Waals surface area contributed by atoms with E-state index in [1.54, 1.807) is 24.3 Å². The molecular formula is C20H25N3O3S. The lowest BCUT2D eigenvalue weighted by molar-refractivity contribution is 0.0951. The van der Waals surface area contributed by atoms with E-state index in [9.17, 15) is 13.2 Å². The molecule has 0 spiro atoms. The Morgan fingerprint density at radius 1 is 1.19 bits per heavy atom. The molecule has 1 N–H and O–H groups in total. The molecule has 0 aromatic heterocycles. The summed E-state index contributed by atoms with van der Waals surface area (Å²) in [7, 11) is -1.26. The van der Waals surface area contributed by atoms with Crippen molar-refractivity contribution in [3.63, 3.8) is 0 Å². The van der Waals surface area contributed by atoms with Crippen molar-refractivity contribution in [3.8, 4) is 0 Å². The van der Waals surface area contributed by atoms with Gasteiger partial charge >= 0.3 is 0 Å². The minimum absolute atomic E-state index is 0.110. The molecule has 2 aromatic carbocycles. The molecule has 0 aliphatic carbocycles. The first-order valence-corrected chi connectivity index (χ1v) is 10.7. The number of nitrogens with one attached hydrogen (secondary N) is 1. The highest BCUT2D eigenvalue weighted by Crippen LogP contribution is 2.24. The van der Waals surface area contributed by atoms with E-state index in [-0.39, 0.29) is 17.7 Å². The first kappa shape index (κ1) is 19.2. The van der Waals surface area contributed by atoms with Gasteiger partial charge in [0.05, 0.1) is 11.4 Å². The zero-order valence-corrected chi connectivity index (χ0v) is 16.4. The zero-order valence-electron chi connectivity index (χ0n) is 15.6. The summed E-state index contributed by atoms with van der Waals surface area (Å²) in [5.41, 5.74) is 2.10. The number of para-hydroxylation sites is 1. The quantitative estimate of drug-likeness (QED) is 0.827. The number of rotatable bonds is 6. The number of nitrogens with zero attached hydrogens (tertiary/aromatic N) is 2. The molecule has 3 rings (SSSR count). The fraction of sp³-hybridized carbons (Fsp3) is 0.350. The minimum Gasteiger partial charge on any atom is -0.370 e. The summed E-state index contributed by atoms with van der Waals surface area (Å²) in [6, 6.07) is 16.9. The lowest BCUT2D eigenvalue weighted by Crippen LogP contribution is -2.40. The van der Waals surface area contributed by atoms with Crippen LogP contribution in [-0.2, 0) is 10.0 Å². The van der Waals surface area contributed by atoms with Crippen molar-refractivity contribution in [2.24, 2.45) is 0 Å². The van der Waals surface area contributed by atoms with Crippen LogP contribution in [0.3, 0.4) is 0 Å². The summed E-state index contributed by atoms with van der Waals surface area (Å²) in [6.07, 6.45) is 0.613. The van der Waals surface area contributed by atoms with Gasteiger partial charge in [0.25, 0.3) is 5.91 Å². The first-order valence-electron chi connectivity index (χ1n) is 9.05. The molecule has 1 heterocycles. The van der Waals surface area contributed by atoms with Gasteiger partial charge in [-0.2, -0.15) is 0 Å². The average molecular weight is 388 g/mol. The van der Waals surface area contributed by atoms with Gasteiger partial charge in [-0.15, -0.1) is 0 Å². The topological polar surface area (TPSA) is 69.7 Å². The van der Waals surface area contributed by atoms with Crippen molar-refractivity contribution >= 4 is 27.3 Å². The van der Waals surface area contributed by atoms with Crippen molar-refractivity contribution in [2.75, 3.05) is 35.1 Å². The second-order valence-electron chi connectivity index (χ2n) is 6.80. The maximum atomic E-state index is 12.5. The summed E-state index contributed by atoms with van der Waals surface area (Å²) < 4.78 is 25.6. The van der Waals surface area contributed by atoms with Gasteiger partial charge in [-0.25, -0.2) is 8.42 Å². The monoisotopic (exact) mass is 387 g/mol. The third kappa shape index (κ3) is 4.42. The Bertz CT molecular complexity index is 900. The van der Waals surface area contributed by atoms with E-state index in [1.807, 2.05) is 44.3 Å². The number of hydrogen-bond donors (Lipinski definition) is 1. The molecule has 1 amide bonds. The Balaban J connectivity index is 1.64. The third-order valence-corrected chi connectivity index (χ3v) is 6.75. The van der Waals surface area contributed by atoms with Crippen molar-refractivity contribution in [3.05, 3.63) is 60.2 Å². The fourth-order valence-electron chi connectivity index (χ4n) is 3.13. The number of sulfonamides is 1. The lowest BCUT2D eigenvalue weighted by atomic mass is 10.1. The second-order valence-corrected chi connectivity index (χ2v) is 8.81. The Hall–Kier alpha value is -2.54. The summed E-state index contributed by atoms with van der Waals surface area (Å²) >= 11 is 0. The van der Waals surface area contributed by atoms with Crippen molar-refractivity contribution in [2.45, 2.75) is 19.4 Å². The van der Waals surface area contributed by atoms with E-state index in [0.717, 1.165) is 5.69 Å². The summed E-state index contributed by atoms with van der Waals surface area (Å²) in [4.78, 5) is 14.6. The van der Waals surface area contributed by atoms with E-state index in [2.05, 4.69) is 10.2 Å². The number of anilines is 2. The number of likely N-dealkylation sites (N-methyl/N-ethyl adjacent to an activating group) is 1. The Labute approximate surface area is 160 Å². The third-order valence-electron chi connectivity index (χ3n) is 4.88. The molecule has 7 heteroatoms. The molecule has 0 saturated carbocycles. The number of hydrogen-bond acceptors (Lipinski definition) is 4. The van der Waals surface area contributed by atoms with Crippen LogP contribution in [0.5, 0.6) is 0 Å². The van der Waals surface area contributed by atoms with Crippen LogP contribution < -0.4 is 14.5 Å².